The molecule has 2 aromatic rings. The Labute approximate surface area is 126 Å². The summed E-state index contributed by atoms with van der Waals surface area (Å²) in [6.45, 7) is 2.03. The Bertz CT molecular complexity index is 695. The van der Waals surface area contributed by atoms with E-state index < -0.39 is 5.97 Å². The van der Waals surface area contributed by atoms with Crippen molar-refractivity contribution in [2.45, 2.75) is 19.4 Å². The minimum Gasteiger partial charge on any atom is -0.496 e. The highest BCUT2D eigenvalue weighted by Crippen LogP contribution is 2.42. The fraction of sp³-hybridized carbons (Fsp3) is 0.333. The Morgan fingerprint density at radius 3 is 2.95 bits per heavy atom. The summed E-state index contributed by atoms with van der Waals surface area (Å²) in [5.41, 5.74) is 3.84. The van der Waals surface area contributed by atoms with E-state index in [0.717, 1.165) is 28.2 Å². The second kappa shape index (κ2) is 5.37. The van der Waals surface area contributed by atoms with Gasteiger partial charge in [0.15, 0.2) is 5.69 Å². The van der Waals surface area contributed by atoms with Crippen LogP contribution >= 0.6 is 11.3 Å². The van der Waals surface area contributed by atoms with E-state index in [1.54, 1.807) is 12.6 Å². The molecule has 3 rings (SSSR count). The van der Waals surface area contributed by atoms with E-state index in [9.17, 15) is 4.79 Å². The molecule has 0 aliphatic carbocycles. The van der Waals surface area contributed by atoms with Crippen molar-refractivity contribution >= 4 is 17.3 Å². The molecule has 110 valence electrons. The molecule has 1 aliphatic heterocycles. The minimum absolute atomic E-state index is 0.154. The number of ether oxygens (including phenoxy) is 3. The average molecular weight is 305 g/mol. The van der Waals surface area contributed by atoms with Crippen LogP contribution < -0.4 is 9.47 Å². The molecule has 0 saturated heterocycles. The second-order valence-corrected chi connectivity index (χ2v) is 5.67. The van der Waals surface area contributed by atoms with Gasteiger partial charge in [0.1, 0.15) is 17.6 Å². The molecular weight excluding hydrogens is 290 g/mol. The van der Waals surface area contributed by atoms with Crippen molar-refractivity contribution in [3.05, 3.63) is 28.9 Å². The summed E-state index contributed by atoms with van der Waals surface area (Å²) in [5.74, 6) is 1.09. The molecule has 5 nitrogen and oxygen atoms in total. The van der Waals surface area contributed by atoms with E-state index in [2.05, 4.69) is 4.98 Å². The van der Waals surface area contributed by atoms with Gasteiger partial charge in [0, 0.05) is 17.5 Å². The van der Waals surface area contributed by atoms with Gasteiger partial charge in [0.2, 0.25) is 0 Å². The van der Waals surface area contributed by atoms with Crippen molar-refractivity contribution in [3.63, 3.8) is 0 Å². The number of carbonyl (C=O) groups excluding carboxylic acids is 1. The predicted molar refractivity (Wildman–Crippen MR) is 79.2 cm³/mol. The highest BCUT2D eigenvalue weighted by molar-refractivity contribution is 7.13. The summed E-state index contributed by atoms with van der Waals surface area (Å²) in [5, 5.41) is 0. The molecule has 21 heavy (non-hydrogen) atoms. The SMILES string of the molecule is COC(=O)c1ncsc1-c1cc2c(cc1OC)CC(C)O2. The van der Waals surface area contributed by atoms with Crippen LogP contribution in [0.15, 0.2) is 17.6 Å². The number of carbonyl (C=O) groups is 1. The lowest BCUT2D eigenvalue weighted by molar-refractivity contribution is 0.0596. The quantitative estimate of drug-likeness (QED) is 0.816. The standard InChI is InChI=1S/C15H15NO4S/c1-8-4-9-5-12(18-2)10(6-11(9)20-8)14-13(15(17)19-3)16-7-21-14/h5-8H,4H2,1-3H3. The van der Waals surface area contributed by atoms with Crippen molar-refractivity contribution in [1.29, 1.82) is 0 Å². The fourth-order valence-corrected chi connectivity index (χ4v) is 3.26. The number of fused-ring (bicyclic) bond motifs is 1. The molecule has 1 unspecified atom stereocenters. The molecule has 2 heterocycles. The zero-order valence-electron chi connectivity index (χ0n) is 12.0. The summed E-state index contributed by atoms with van der Waals surface area (Å²) in [4.78, 5) is 16.6. The van der Waals surface area contributed by atoms with Crippen LogP contribution in [-0.4, -0.2) is 31.3 Å². The maximum Gasteiger partial charge on any atom is 0.358 e. The lowest BCUT2D eigenvalue weighted by Gasteiger charge is -2.10. The number of methoxy groups -OCH3 is 2. The van der Waals surface area contributed by atoms with Crippen LogP contribution in [0.3, 0.4) is 0 Å². The normalized spacial score (nSPS) is 16.2. The topological polar surface area (TPSA) is 57.7 Å². The van der Waals surface area contributed by atoms with Gasteiger partial charge in [-0.1, -0.05) is 0 Å². The van der Waals surface area contributed by atoms with E-state index in [1.807, 2.05) is 19.1 Å². The molecule has 0 spiro atoms. The average Bonchev–Trinajstić information content (AvgIpc) is 3.09. The third-order valence-electron chi connectivity index (χ3n) is 3.41. The summed E-state index contributed by atoms with van der Waals surface area (Å²) in [6, 6.07) is 3.88. The van der Waals surface area contributed by atoms with Crippen molar-refractivity contribution in [3.8, 4) is 21.9 Å². The van der Waals surface area contributed by atoms with Crippen molar-refractivity contribution in [2.24, 2.45) is 0 Å². The Morgan fingerprint density at radius 1 is 1.43 bits per heavy atom. The zero-order valence-corrected chi connectivity index (χ0v) is 12.8. The molecule has 1 aromatic heterocycles. The molecule has 1 aromatic carbocycles. The van der Waals surface area contributed by atoms with Gasteiger partial charge in [-0.2, -0.15) is 0 Å². The number of thiazole rings is 1. The highest BCUT2D eigenvalue weighted by atomic mass is 32.1. The number of hydrogen-bond donors (Lipinski definition) is 0. The largest absolute Gasteiger partial charge is 0.496 e. The highest BCUT2D eigenvalue weighted by Gasteiger charge is 2.25. The molecule has 0 bridgehead atoms. The first-order valence-electron chi connectivity index (χ1n) is 6.53. The number of aromatic nitrogens is 1. The molecule has 0 N–H and O–H groups in total. The maximum absolute atomic E-state index is 11.8. The van der Waals surface area contributed by atoms with Crippen LogP contribution in [0.25, 0.3) is 10.4 Å². The summed E-state index contributed by atoms with van der Waals surface area (Å²) in [7, 11) is 2.96. The van der Waals surface area contributed by atoms with E-state index in [-0.39, 0.29) is 6.10 Å². The summed E-state index contributed by atoms with van der Waals surface area (Å²) in [6.07, 6.45) is 1.01. The maximum atomic E-state index is 11.8. The number of esters is 1. The summed E-state index contributed by atoms with van der Waals surface area (Å²) >= 11 is 1.37. The van der Waals surface area contributed by atoms with Gasteiger partial charge in [-0.15, -0.1) is 11.3 Å². The number of nitrogens with zero attached hydrogens (tertiary/aromatic N) is 1. The first-order valence-corrected chi connectivity index (χ1v) is 7.41. The molecule has 0 fully saturated rings. The Kier molecular flexibility index (Phi) is 3.55. The van der Waals surface area contributed by atoms with Gasteiger partial charge in [-0.25, -0.2) is 9.78 Å². The van der Waals surface area contributed by atoms with Crippen LogP contribution in [0.4, 0.5) is 0 Å². The van der Waals surface area contributed by atoms with Gasteiger partial charge in [-0.3, -0.25) is 0 Å². The van der Waals surface area contributed by atoms with Crippen molar-refractivity contribution in [2.75, 3.05) is 14.2 Å². The first-order chi connectivity index (χ1) is 10.1. The zero-order chi connectivity index (χ0) is 15.0. The molecule has 1 atom stereocenters. The predicted octanol–water partition coefficient (Wildman–Crippen LogP) is 2.93. The monoisotopic (exact) mass is 305 g/mol. The third-order valence-corrected chi connectivity index (χ3v) is 4.27. The number of benzene rings is 1. The molecule has 0 amide bonds. The van der Waals surface area contributed by atoms with Crippen LogP contribution in [-0.2, 0) is 11.2 Å². The van der Waals surface area contributed by atoms with Crippen LogP contribution in [0, 0.1) is 0 Å². The smallest absolute Gasteiger partial charge is 0.358 e. The number of hydrogen-bond acceptors (Lipinski definition) is 6. The minimum atomic E-state index is -0.455. The molecule has 1 aliphatic rings. The molecule has 6 heteroatoms. The Balaban J connectivity index is 2.13. The molecular formula is C15H15NO4S. The third kappa shape index (κ3) is 2.35. The fourth-order valence-electron chi connectivity index (χ4n) is 2.47. The van der Waals surface area contributed by atoms with Gasteiger partial charge in [-0.05, 0) is 19.1 Å². The van der Waals surface area contributed by atoms with E-state index in [1.165, 1.54) is 18.4 Å². The van der Waals surface area contributed by atoms with Crippen LogP contribution in [0.1, 0.15) is 23.0 Å². The van der Waals surface area contributed by atoms with E-state index in [0.29, 0.717) is 11.4 Å². The lowest BCUT2D eigenvalue weighted by atomic mass is 10.0. The summed E-state index contributed by atoms with van der Waals surface area (Å²) < 4.78 is 16.0. The van der Waals surface area contributed by atoms with Crippen LogP contribution in [0.2, 0.25) is 0 Å². The Morgan fingerprint density at radius 2 is 2.24 bits per heavy atom. The van der Waals surface area contributed by atoms with E-state index in [4.69, 9.17) is 14.2 Å². The number of rotatable bonds is 3. The Hall–Kier alpha value is -2.08. The molecule has 0 radical (unpaired) electrons. The lowest BCUT2D eigenvalue weighted by Crippen LogP contribution is -2.05. The molecule has 0 saturated carbocycles. The van der Waals surface area contributed by atoms with Crippen LogP contribution in [0.5, 0.6) is 11.5 Å². The van der Waals surface area contributed by atoms with Gasteiger partial charge < -0.3 is 14.2 Å². The van der Waals surface area contributed by atoms with Crippen molar-refractivity contribution < 1.29 is 19.0 Å². The van der Waals surface area contributed by atoms with Crippen molar-refractivity contribution in [1.82, 2.24) is 4.98 Å². The first kappa shape index (κ1) is 13.9. The van der Waals surface area contributed by atoms with Gasteiger partial charge in [0.05, 0.1) is 24.6 Å². The second-order valence-electron chi connectivity index (χ2n) is 4.81. The van der Waals surface area contributed by atoms with Gasteiger partial charge >= 0.3 is 5.97 Å². The van der Waals surface area contributed by atoms with E-state index >= 15 is 0 Å². The van der Waals surface area contributed by atoms with Gasteiger partial charge in [0.25, 0.3) is 0 Å².